The number of allylic oxidation sites excluding steroid dienone is 3. The predicted molar refractivity (Wildman–Crippen MR) is 123 cm³/mol. The first-order valence-corrected chi connectivity index (χ1v) is 12.3. The maximum absolute atomic E-state index is 14.6. The van der Waals surface area contributed by atoms with Gasteiger partial charge >= 0.3 is 0 Å². The number of alkyl halides is 2. The summed E-state index contributed by atoms with van der Waals surface area (Å²) in [5.74, 6) is -0.791. The van der Waals surface area contributed by atoms with Gasteiger partial charge in [-0.05, 0) is 66.8 Å². The fourth-order valence-corrected chi connectivity index (χ4v) is 6.75. The third-order valence-electron chi connectivity index (χ3n) is 8.60. The van der Waals surface area contributed by atoms with Gasteiger partial charge in [0.05, 0.1) is 6.10 Å². The molecule has 0 aromatic heterocycles. The van der Waals surface area contributed by atoms with Gasteiger partial charge in [-0.2, -0.15) is 8.78 Å². The van der Waals surface area contributed by atoms with E-state index in [-0.39, 0.29) is 23.0 Å². The average Bonchev–Trinajstić information content (AvgIpc) is 3.04. The van der Waals surface area contributed by atoms with Crippen molar-refractivity contribution in [1.82, 2.24) is 0 Å². The lowest BCUT2D eigenvalue weighted by Crippen LogP contribution is -2.44. The fourth-order valence-electron chi connectivity index (χ4n) is 6.75. The number of rotatable bonds is 6. The zero-order valence-electron chi connectivity index (χ0n) is 19.8. The van der Waals surface area contributed by atoms with E-state index in [1.54, 1.807) is 0 Å². The minimum absolute atomic E-state index is 0.0359. The Morgan fingerprint density at radius 2 is 1.84 bits per heavy atom. The van der Waals surface area contributed by atoms with E-state index < -0.39 is 18.1 Å². The molecule has 2 N–H and O–H groups in total. The van der Waals surface area contributed by atoms with E-state index in [2.05, 4.69) is 34.3 Å². The van der Waals surface area contributed by atoms with E-state index in [0.717, 1.165) is 25.2 Å². The monoisotopic (exact) mass is 436 g/mol. The van der Waals surface area contributed by atoms with E-state index in [9.17, 15) is 19.0 Å². The SMILES string of the molecule is C=C1/C(=C\C=C2/CCC[C@]3(C)[C@@H]([C@H](C)CCCC(C)C)CC[C@@H]23)C(F)(F)[C@H](O)C[C@@H]1O. The average molecular weight is 437 g/mol. The molecule has 0 aromatic rings. The van der Waals surface area contributed by atoms with Crippen LogP contribution in [-0.4, -0.2) is 28.3 Å². The Labute approximate surface area is 187 Å². The highest BCUT2D eigenvalue weighted by Crippen LogP contribution is 2.60. The molecule has 3 aliphatic carbocycles. The van der Waals surface area contributed by atoms with Gasteiger partial charge in [-0.1, -0.05) is 71.3 Å². The highest BCUT2D eigenvalue weighted by atomic mass is 19.3. The van der Waals surface area contributed by atoms with Crippen molar-refractivity contribution in [3.8, 4) is 0 Å². The maximum Gasteiger partial charge on any atom is 0.298 e. The maximum atomic E-state index is 14.6. The van der Waals surface area contributed by atoms with Gasteiger partial charge in [0.1, 0.15) is 6.10 Å². The minimum atomic E-state index is -3.37. The van der Waals surface area contributed by atoms with E-state index in [1.165, 1.54) is 43.8 Å². The topological polar surface area (TPSA) is 40.5 Å². The molecular weight excluding hydrogens is 394 g/mol. The second kappa shape index (κ2) is 9.47. The highest BCUT2D eigenvalue weighted by molar-refractivity contribution is 5.44. The standard InChI is InChI=1S/C27H42F2O2/c1-17(2)8-6-9-18(3)21-13-14-23-20(10-7-15-26(21,23)5)11-12-22-19(4)24(30)16-25(31)27(22,28)29/h11-12,17-18,21,23-25,30-31H,4,6-10,13-16H2,1-3,5H3/b20-11+,22-12+/t18-,21-,23+,24+,25-,26-/m1/s1. The van der Waals surface area contributed by atoms with Crippen LogP contribution in [0.3, 0.4) is 0 Å². The summed E-state index contributed by atoms with van der Waals surface area (Å²) in [7, 11) is 0. The summed E-state index contributed by atoms with van der Waals surface area (Å²) in [5.41, 5.74) is 1.23. The molecule has 0 radical (unpaired) electrons. The van der Waals surface area contributed by atoms with Gasteiger partial charge < -0.3 is 10.2 Å². The Bertz CT molecular complexity index is 723. The van der Waals surface area contributed by atoms with Crippen LogP contribution in [0.1, 0.15) is 85.5 Å². The van der Waals surface area contributed by atoms with Crippen LogP contribution >= 0.6 is 0 Å². The number of fused-ring (bicyclic) bond motifs is 1. The molecule has 3 rings (SSSR count). The molecule has 3 aliphatic rings. The van der Waals surface area contributed by atoms with E-state index >= 15 is 0 Å². The predicted octanol–water partition coefficient (Wildman–Crippen LogP) is 6.84. The molecule has 0 amide bonds. The first kappa shape index (κ1) is 24.6. The van der Waals surface area contributed by atoms with Crippen molar-refractivity contribution in [3.05, 3.63) is 35.5 Å². The highest BCUT2D eigenvalue weighted by Gasteiger charge is 2.51. The molecule has 0 saturated heterocycles. The molecule has 0 aromatic carbocycles. The third-order valence-corrected chi connectivity index (χ3v) is 8.60. The number of hydrogen-bond acceptors (Lipinski definition) is 2. The molecule has 0 unspecified atom stereocenters. The van der Waals surface area contributed by atoms with Crippen molar-refractivity contribution in [3.63, 3.8) is 0 Å². The van der Waals surface area contributed by atoms with Crippen LogP contribution in [0, 0.1) is 29.1 Å². The first-order chi connectivity index (χ1) is 14.5. The van der Waals surface area contributed by atoms with E-state index in [0.29, 0.717) is 17.8 Å². The van der Waals surface area contributed by atoms with Crippen LogP contribution in [0.15, 0.2) is 35.5 Å². The lowest BCUT2D eigenvalue weighted by molar-refractivity contribution is -0.103. The first-order valence-electron chi connectivity index (χ1n) is 12.3. The molecule has 31 heavy (non-hydrogen) atoms. The summed E-state index contributed by atoms with van der Waals surface area (Å²) in [6, 6.07) is 0. The summed E-state index contributed by atoms with van der Waals surface area (Å²) >= 11 is 0. The lowest BCUT2D eigenvalue weighted by atomic mass is 9.60. The van der Waals surface area contributed by atoms with Gasteiger partial charge in [0.2, 0.25) is 0 Å². The Hall–Kier alpha value is -1.00. The molecular formula is C27H42F2O2. The zero-order valence-corrected chi connectivity index (χ0v) is 19.8. The fraction of sp³-hybridized carbons (Fsp3) is 0.778. The summed E-state index contributed by atoms with van der Waals surface area (Å²) in [6.07, 6.45) is 9.42. The second-order valence-corrected chi connectivity index (χ2v) is 11.1. The van der Waals surface area contributed by atoms with Crippen molar-refractivity contribution in [2.24, 2.45) is 29.1 Å². The largest absolute Gasteiger partial charge is 0.388 e. The Morgan fingerprint density at radius 1 is 1.13 bits per heavy atom. The summed E-state index contributed by atoms with van der Waals surface area (Å²) in [6.45, 7) is 13.1. The molecule has 2 nitrogen and oxygen atoms in total. The molecule has 0 heterocycles. The van der Waals surface area contributed by atoms with E-state index in [1.807, 2.05) is 6.08 Å². The molecule has 4 heteroatoms. The normalized spacial score (nSPS) is 39.3. The zero-order chi connectivity index (χ0) is 23.0. The smallest absolute Gasteiger partial charge is 0.298 e. The van der Waals surface area contributed by atoms with Gasteiger partial charge in [-0.25, -0.2) is 0 Å². The van der Waals surface area contributed by atoms with Crippen molar-refractivity contribution in [2.45, 2.75) is 104 Å². The van der Waals surface area contributed by atoms with Gasteiger partial charge in [-0.15, -0.1) is 0 Å². The van der Waals surface area contributed by atoms with Gasteiger partial charge in [-0.3, -0.25) is 0 Å². The number of hydrogen-bond donors (Lipinski definition) is 2. The van der Waals surface area contributed by atoms with Crippen molar-refractivity contribution >= 4 is 0 Å². The van der Waals surface area contributed by atoms with Crippen LogP contribution < -0.4 is 0 Å². The van der Waals surface area contributed by atoms with Crippen molar-refractivity contribution < 1.29 is 19.0 Å². The number of aliphatic hydroxyl groups is 2. The minimum Gasteiger partial charge on any atom is -0.388 e. The molecule has 3 saturated carbocycles. The number of aliphatic hydroxyl groups excluding tert-OH is 2. The van der Waals surface area contributed by atoms with Gasteiger partial charge in [0, 0.05) is 12.0 Å². The molecule has 176 valence electrons. The summed E-state index contributed by atoms with van der Waals surface area (Å²) < 4.78 is 29.2. The van der Waals surface area contributed by atoms with Crippen molar-refractivity contribution in [1.29, 1.82) is 0 Å². The Balaban J connectivity index is 1.79. The second-order valence-electron chi connectivity index (χ2n) is 11.1. The molecule has 0 aliphatic heterocycles. The Morgan fingerprint density at radius 3 is 2.52 bits per heavy atom. The summed E-state index contributed by atoms with van der Waals surface area (Å²) in [4.78, 5) is 0. The molecule has 6 atom stereocenters. The van der Waals surface area contributed by atoms with Crippen LogP contribution in [0.5, 0.6) is 0 Å². The number of halogens is 2. The third kappa shape index (κ3) is 4.85. The van der Waals surface area contributed by atoms with Crippen LogP contribution in [0.4, 0.5) is 8.78 Å². The Kier molecular flexibility index (Phi) is 7.53. The van der Waals surface area contributed by atoms with Crippen LogP contribution in [-0.2, 0) is 0 Å². The van der Waals surface area contributed by atoms with E-state index in [4.69, 9.17) is 0 Å². The lowest BCUT2D eigenvalue weighted by Gasteiger charge is -2.44. The molecule has 0 bridgehead atoms. The van der Waals surface area contributed by atoms with Crippen LogP contribution in [0.25, 0.3) is 0 Å². The van der Waals surface area contributed by atoms with Gasteiger partial charge in [0.15, 0.2) is 0 Å². The van der Waals surface area contributed by atoms with Crippen LogP contribution in [0.2, 0.25) is 0 Å². The quantitative estimate of drug-likeness (QED) is 0.479. The molecule has 3 fully saturated rings. The summed E-state index contributed by atoms with van der Waals surface area (Å²) in [5, 5.41) is 19.8. The van der Waals surface area contributed by atoms with Crippen molar-refractivity contribution in [2.75, 3.05) is 0 Å². The van der Waals surface area contributed by atoms with Gasteiger partial charge in [0.25, 0.3) is 5.92 Å². The molecule has 0 spiro atoms.